The van der Waals surface area contributed by atoms with E-state index in [2.05, 4.69) is 13.8 Å². The van der Waals surface area contributed by atoms with Crippen LogP contribution in [-0.2, 0) is 9.59 Å². The van der Waals surface area contributed by atoms with Gasteiger partial charge in [0, 0.05) is 19.5 Å². The van der Waals surface area contributed by atoms with E-state index in [4.69, 9.17) is 5.11 Å². The molecule has 0 aliphatic carbocycles. The van der Waals surface area contributed by atoms with Crippen molar-refractivity contribution in [2.75, 3.05) is 13.1 Å². The molecule has 1 fully saturated rings. The van der Waals surface area contributed by atoms with Crippen LogP contribution < -0.4 is 0 Å². The first-order valence-corrected chi connectivity index (χ1v) is 5.50. The summed E-state index contributed by atoms with van der Waals surface area (Å²) in [6.45, 7) is 5.90. The van der Waals surface area contributed by atoms with Crippen molar-refractivity contribution >= 4 is 11.9 Å². The van der Waals surface area contributed by atoms with Crippen molar-refractivity contribution in [1.29, 1.82) is 0 Å². The van der Waals surface area contributed by atoms with Crippen LogP contribution >= 0.6 is 0 Å². The molecule has 0 aromatic rings. The molecule has 0 spiro atoms. The Morgan fingerprint density at radius 1 is 1.27 bits per heavy atom. The molecule has 1 N–H and O–H groups in total. The molecule has 1 heterocycles. The van der Waals surface area contributed by atoms with Crippen LogP contribution in [-0.4, -0.2) is 35.0 Å². The van der Waals surface area contributed by atoms with Gasteiger partial charge in [-0.15, -0.1) is 0 Å². The largest absolute Gasteiger partial charge is 0.481 e. The Morgan fingerprint density at radius 3 is 2.47 bits per heavy atom. The summed E-state index contributed by atoms with van der Waals surface area (Å²) in [5.74, 6) is 0.263. The maximum absolute atomic E-state index is 11.6. The molecule has 4 nitrogen and oxygen atoms in total. The lowest BCUT2D eigenvalue weighted by molar-refractivity contribution is -0.141. The van der Waals surface area contributed by atoms with Gasteiger partial charge in [-0.05, 0) is 18.3 Å². The standard InChI is InChI=1S/C11H19NO3/c1-8-5-6-12(7-9(8)2)10(13)3-4-11(14)15/h8-9H,3-7H2,1-2H3,(H,14,15). The average Bonchev–Trinajstić information content (AvgIpc) is 2.18. The van der Waals surface area contributed by atoms with Crippen LogP contribution in [0.1, 0.15) is 33.1 Å². The van der Waals surface area contributed by atoms with Gasteiger partial charge in [-0.2, -0.15) is 0 Å². The summed E-state index contributed by atoms with van der Waals surface area (Å²) in [5.41, 5.74) is 0. The lowest BCUT2D eigenvalue weighted by atomic mass is 9.88. The van der Waals surface area contributed by atoms with Crippen LogP contribution in [0.15, 0.2) is 0 Å². The number of hydrogen-bond acceptors (Lipinski definition) is 2. The Bertz CT molecular complexity index is 252. The van der Waals surface area contributed by atoms with Crippen LogP contribution in [0.3, 0.4) is 0 Å². The molecule has 1 saturated heterocycles. The minimum absolute atomic E-state index is 0.0175. The highest BCUT2D eigenvalue weighted by Gasteiger charge is 2.25. The summed E-state index contributed by atoms with van der Waals surface area (Å²) in [4.78, 5) is 23.7. The molecule has 1 aliphatic heterocycles. The van der Waals surface area contributed by atoms with Gasteiger partial charge < -0.3 is 10.0 Å². The van der Waals surface area contributed by atoms with E-state index in [1.807, 2.05) is 0 Å². The Kier molecular flexibility index (Phi) is 4.12. The molecule has 86 valence electrons. The van der Waals surface area contributed by atoms with Crippen molar-refractivity contribution < 1.29 is 14.7 Å². The second kappa shape index (κ2) is 5.14. The molecule has 1 amide bonds. The molecule has 0 aromatic carbocycles. The quantitative estimate of drug-likeness (QED) is 0.770. The minimum atomic E-state index is -0.901. The molecular weight excluding hydrogens is 194 g/mol. The summed E-state index contributed by atoms with van der Waals surface area (Å²) in [6, 6.07) is 0. The van der Waals surface area contributed by atoms with Gasteiger partial charge in [0.2, 0.25) is 5.91 Å². The second-order valence-electron chi connectivity index (χ2n) is 4.48. The monoisotopic (exact) mass is 213 g/mol. The van der Waals surface area contributed by atoms with Crippen LogP contribution in [0.4, 0.5) is 0 Å². The van der Waals surface area contributed by atoms with Crippen molar-refractivity contribution in [2.24, 2.45) is 11.8 Å². The Morgan fingerprint density at radius 2 is 1.93 bits per heavy atom. The predicted octanol–water partition coefficient (Wildman–Crippen LogP) is 1.36. The lowest BCUT2D eigenvalue weighted by Gasteiger charge is -2.35. The maximum atomic E-state index is 11.6. The van der Waals surface area contributed by atoms with Gasteiger partial charge in [0.1, 0.15) is 0 Å². The highest BCUT2D eigenvalue weighted by atomic mass is 16.4. The van der Waals surface area contributed by atoms with E-state index in [9.17, 15) is 9.59 Å². The van der Waals surface area contributed by atoms with Gasteiger partial charge in [-0.25, -0.2) is 0 Å². The minimum Gasteiger partial charge on any atom is -0.481 e. The number of nitrogens with zero attached hydrogens (tertiary/aromatic N) is 1. The van der Waals surface area contributed by atoms with Crippen LogP contribution in [0.2, 0.25) is 0 Å². The number of piperidine rings is 1. The SMILES string of the molecule is CC1CCN(C(=O)CCC(=O)O)CC1C. The normalized spacial score (nSPS) is 26.4. The average molecular weight is 213 g/mol. The zero-order valence-electron chi connectivity index (χ0n) is 9.40. The maximum Gasteiger partial charge on any atom is 0.303 e. The number of amides is 1. The van der Waals surface area contributed by atoms with E-state index in [1.165, 1.54) is 0 Å². The van der Waals surface area contributed by atoms with E-state index < -0.39 is 5.97 Å². The fourth-order valence-electron chi connectivity index (χ4n) is 1.86. The van der Waals surface area contributed by atoms with E-state index in [0.717, 1.165) is 19.5 Å². The summed E-state index contributed by atoms with van der Waals surface area (Å²) in [5, 5.41) is 8.48. The van der Waals surface area contributed by atoms with Crippen LogP contribution in [0.25, 0.3) is 0 Å². The van der Waals surface area contributed by atoms with Crippen molar-refractivity contribution in [1.82, 2.24) is 4.90 Å². The highest BCUT2D eigenvalue weighted by molar-refractivity contribution is 5.80. The first-order valence-electron chi connectivity index (χ1n) is 5.50. The summed E-state index contributed by atoms with van der Waals surface area (Å²) in [7, 11) is 0. The lowest BCUT2D eigenvalue weighted by Crippen LogP contribution is -2.42. The third-order valence-electron chi connectivity index (χ3n) is 3.24. The predicted molar refractivity (Wildman–Crippen MR) is 56.4 cm³/mol. The molecule has 2 unspecified atom stereocenters. The van der Waals surface area contributed by atoms with Gasteiger partial charge in [-0.1, -0.05) is 13.8 Å². The van der Waals surface area contributed by atoms with Crippen LogP contribution in [0, 0.1) is 11.8 Å². The second-order valence-corrected chi connectivity index (χ2v) is 4.48. The zero-order chi connectivity index (χ0) is 11.4. The molecule has 0 saturated carbocycles. The zero-order valence-corrected chi connectivity index (χ0v) is 9.40. The molecule has 0 radical (unpaired) electrons. The summed E-state index contributed by atoms with van der Waals surface area (Å²) < 4.78 is 0. The number of rotatable bonds is 3. The van der Waals surface area contributed by atoms with E-state index in [-0.39, 0.29) is 18.7 Å². The molecule has 0 bridgehead atoms. The summed E-state index contributed by atoms with van der Waals surface area (Å²) >= 11 is 0. The fraction of sp³-hybridized carbons (Fsp3) is 0.818. The van der Waals surface area contributed by atoms with Gasteiger partial charge in [-0.3, -0.25) is 9.59 Å². The fourth-order valence-corrected chi connectivity index (χ4v) is 1.86. The third kappa shape index (κ3) is 3.53. The van der Waals surface area contributed by atoms with E-state index >= 15 is 0 Å². The Hall–Kier alpha value is -1.06. The molecule has 1 aliphatic rings. The molecule has 4 heteroatoms. The molecule has 2 atom stereocenters. The third-order valence-corrected chi connectivity index (χ3v) is 3.24. The van der Waals surface area contributed by atoms with Crippen molar-refractivity contribution in [3.8, 4) is 0 Å². The first kappa shape index (κ1) is 12.0. The number of carboxylic acids is 1. The van der Waals surface area contributed by atoms with Gasteiger partial charge in [0.05, 0.1) is 6.42 Å². The number of hydrogen-bond donors (Lipinski definition) is 1. The number of carbonyl (C=O) groups is 2. The highest BCUT2D eigenvalue weighted by Crippen LogP contribution is 2.22. The topological polar surface area (TPSA) is 57.6 Å². The van der Waals surface area contributed by atoms with E-state index in [1.54, 1.807) is 4.90 Å². The van der Waals surface area contributed by atoms with E-state index in [0.29, 0.717) is 11.8 Å². The van der Waals surface area contributed by atoms with Crippen molar-refractivity contribution in [2.45, 2.75) is 33.1 Å². The first-order chi connectivity index (χ1) is 7.00. The smallest absolute Gasteiger partial charge is 0.303 e. The molecule has 0 aromatic heterocycles. The Balaban J connectivity index is 2.37. The molecular formula is C11H19NO3. The van der Waals surface area contributed by atoms with Gasteiger partial charge in [0.15, 0.2) is 0 Å². The number of aliphatic carboxylic acids is 1. The number of carbonyl (C=O) groups excluding carboxylic acids is 1. The molecule has 1 rings (SSSR count). The van der Waals surface area contributed by atoms with Crippen molar-refractivity contribution in [3.63, 3.8) is 0 Å². The number of carboxylic acid groups (broad SMARTS) is 1. The molecule has 15 heavy (non-hydrogen) atoms. The van der Waals surface area contributed by atoms with Crippen LogP contribution in [0.5, 0.6) is 0 Å². The Labute approximate surface area is 90.3 Å². The van der Waals surface area contributed by atoms with Gasteiger partial charge in [0.25, 0.3) is 0 Å². The summed E-state index contributed by atoms with van der Waals surface area (Å²) in [6.07, 6.45) is 1.11. The van der Waals surface area contributed by atoms with Crippen molar-refractivity contribution in [3.05, 3.63) is 0 Å². The van der Waals surface area contributed by atoms with Gasteiger partial charge >= 0.3 is 5.97 Å². The number of likely N-dealkylation sites (tertiary alicyclic amines) is 1.